The van der Waals surface area contributed by atoms with Crippen molar-refractivity contribution in [2.45, 2.75) is 0 Å². The molecule has 0 atom stereocenters. The van der Waals surface area contributed by atoms with Crippen LogP contribution in [-0.2, 0) is 0 Å². The first-order valence-electron chi connectivity index (χ1n) is 7.33. The van der Waals surface area contributed by atoms with Gasteiger partial charge in [-0.2, -0.15) is 0 Å². The van der Waals surface area contributed by atoms with Crippen LogP contribution < -0.4 is 10.6 Å². The molecule has 1 heterocycles. The molecule has 5 nitrogen and oxygen atoms in total. The summed E-state index contributed by atoms with van der Waals surface area (Å²) in [5, 5.41) is 5.46. The zero-order valence-electron chi connectivity index (χ0n) is 12.6. The summed E-state index contributed by atoms with van der Waals surface area (Å²) in [4.78, 5) is 20.5. The van der Waals surface area contributed by atoms with E-state index >= 15 is 0 Å². The Labute approximate surface area is 136 Å². The fourth-order valence-corrected chi connectivity index (χ4v) is 2.21. The van der Waals surface area contributed by atoms with Crippen LogP contribution in [0.2, 0.25) is 0 Å². The van der Waals surface area contributed by atoms with Crippen molar-refractivity contribution in [3.63, 3.8) is 0 Å². The number of amides is 1. The van der Waals surface area contributed by atoms with Crippen LogP contribution in [0.3, 0.4) is 0 Å². The minimum absolute atomic E-state index is 0.182. The molecule has 2 aromatic carbocycles. The van der Waals surface area contributed by atoms with Crippen molar-refractivity contribution in [2.75, 3.05) is 18.4 Å². The Morgan fingerprint density at radius 2 is 1.67 bits per heavy atom. The molecule has 122 valence electrons. The summed E-state index contributed by atoms with van der Waals surface area (Å²) in [7, 11) is 0. The number of anilines is 1. The van der Waals surface area contributed by atoms with Gasteiger partial charge in [0.2, 0.25) is 0 Å². The maximum absolute atomic E-state index is 13.5. The van der Waals surface area contributed by atoms with Crippen molar-refractivity contribution >= 4 is 22.8 Å². The van der Waals surface area contributed by atoms with E-state index < -0.39 is 23.1 Å². The molecule has 0 bridgehead atoms. The number of hydrogen-bond acceptors (Lipinski definition) is 4. The van der Waals surface area contributed by atoms with E-state index in [-0.39, 0.29) is 6.54 Å². The highest BCUT2D eigenvalue weighted by Gasteiger charge is 2.16. The van der Waals surface area contributed by atoms with Gasteiger partial charge in [0.1, 0.15) is 23.0 Å². The van der Waals surface area contributed by atoms with Crippen molar-refractivity contribution in [1.82, 2.24) is 15.3 Å². The number of benzene rings is 2. The molecule has 7 heteroatoms. The van der Waals surface area contributed by atoms with E-state index in [0.717, 1.165) is 23.2 Å². The zero-order chi connectivity index (χ0) is 16.9. The first-order chi connectivity index (χ1) is 11.6. The lowest BCUT2D eigenvalue weighted by Crippen LogP contribution is -2.30. The molecular formula is C17H14F2N4O. The van der Waals surface area contributed by atoms with Crippen LogP contribution in [0.15, 0.2) is 48.7 Å². The third-order valence-corrected chi connectivity index (χ3v) is 3.36. The molecule has 2 N–H and O–H groups in total. The molecule has 0 radical (unpaired) electrons. The number of halogens is 2. The van der Waals surface area contributed by atoms with E-state index in [1.807, 2.05) is 24.3 Å². The standard InChI is InChI=1S/C17H14F2N4O/c18-11-4-3-5-12(19)16(11)17(24)21-9-8-20-15-10-22-13-6-1-2-7-14(13)23-15/h1-7,10H,8-9H2,(H,20,23)(H,21,24). The fourth-order valence-electron chi connectivity index (χ4n) is 2.21. The van der Waals surface area contributed by atoms with Gasteiger partial charge in [-0.3, -0.25) is 9.78 Å². The summed E-state index contributed by atoms with van der Waals surface area (Å²) in [6.07, 6.45) is 1.58. The van der Waals surface area contributed by atoms with Crippen LogP contribution in [0.5, 0.6) is 0 Å². The SMILES string of the molecule is O=C(NCCNc1cnc2ccccc2n1)c1c(F)cccc1F. The van der Waals surface area contributed by atoms with Gasteiger partial charge in [-0.25, -0.2) is 13.8 Å². The summed E-state index contributed by atoms with van der Waals surface area (Å²) < 4.78 is 27.0. The minimum atomic E-state index is -0.888. The minimum Gasteiger partial charge on any atom is -0.367 e. The Kier molecular flexibility index (Phi) is 4.60. The second kappa shape index (κ2) is 6.99. The number of nitrogens with zero attached hydrogens (tertiary/aromatic N) is 2. The predicted octanol–water partition coefficient (Wildman–Crippen LogP) is 2.75. The number of para-hydroxylation sites is 2. The third kappa shape index (κ3) is 3.45. The molecule has 24 heavy (non-hydrogen) atoms. The number of carbonyl (C=O) groups is 1. The van der Waals surface area contributed by atoms with Gasteiger partial charge in [0, 0.05) is 13.1 Å². The Balaban J connectivity index is 1.55. The lowest BCUT2D eigenvalue weighted by Gasteiger charge is -2.09. The number of aromatic nitrogens is 2. The Hall–Kier alpha value is -3.09. The largest absolute Gasteiger partial charge is 0.367 e. The van der Waals surface area contributed by atoms with E-state index in [4.69, 9.17) is 0 Å². The van der Waals surface area contributed by atoms with Crippen LogP contribution >= 0.6 is 0 Å². The highest BCUT2D eigenvalue weighted by atomic mass is 19.1. The van der Waals surface area contributed by atoms with Crippen LogP contribution in [0.4, 0.5) is 14.6 Å². The van der Waals surface area contributed by atoms with Crippen LogP contribution in [0.25, 0.3) is 11.0 Å². The van der Waals surface area contributed by atoms with Crippen molar-refractivity contribution in [1.29, 1.82) is 0 Å². The third-order valence-electron chi connectivity index (χ3n) is 3.36. The summed E-state index contributed by atoms with van der Waals surface area (Å²) in [5.41, 5.74) is 0.953. The average Bonchev–Trinajstić information content (AvgIpc) is 2.58. The molecule has 3 rings (SSSR count). The quantitative estimate of drug-likeness (QED) is 0.707. The fraction of sp³-hybridized carbons (Fsp3) is 0.118. The Bertz CT molecular complexity index is 865. The molecule has 1 amide bonds. The maximum Gasteiger partial charge on any atom is 0.257 e. The summed E-state index contributed by atoms with van der Waals surface area (Å²) in [6.45, 7) is 0.524. The van der Waals surface area contributed by atoms with Crippen molar-refractivity contribution in [3.05, 3.63) is 65.9 Å². The summed E-state index contributed by atoms with van der Waals surface area (Å²) in [5.74, 6) is -2.02. The number of rotatable bonds is 5. The number of nitrogens with one attached hydrogen (secondary N) is 2. The van der Waals surface area contributed by atoms with Gasteiger partial charge in [0.25, 0.3) is 5.91 Å². The lowest BCUT2D eigenvalue weighted by atomic mass is 10.2. The van der Waals surface area contributed by atoms with Gasteiger partial charge in [-0.1, -0.05) is 18.2 Å². The second-order valence-electron chi connectivity index (χ2n) is 5.02. The molecule has 0 aliphatic heterocycles. The summed E-state index contributed by atoms with van der Waals surface area (Å²) in [6, 6.07) is 10.7. The van der Waals surface area contributed by atoms with Crippen molar-refractivity contribution in [2.24, 2.45) is 0 Å². The van der Waals surface area contributed by atoms with Gasteiger partial charge < -0.3 is 10.6 Å². The number of hydrogen-bond donors (Lipinski definition) is 2. The van der Waals surface area contributed by atoms with Crippen LogP contribution in [0, 0.1) is 11.6 Å². The second-order valence-corrected chi connectivity index (χ2v) is 5.02. The molecular weight excluding hydrogens is 314 g/mol. The van der Waals surface area contributed by atoms with E-state index in [0.29, 0.717) is 12.4 Å². The van der Waals surface area contributed by atoms with Crippen LogP contribution in [-0.4, -0.2) is 29.0 Å². The molecule has 3 aromatic rings. The molecule has 0 saturated heterocycles. The predicted molar refractivity (Wildman–Crippen MR) is 86.7 cm³/mol. The monoisotopic (exact) mass is 328 g/mol. The van der Waals surface area contributed by atoms with Gasteiger partial charge >= 0.3 is 0 Å². The van der Waals surface area contributed by atoms with Crippen LogP contribution in [0.1, 0.15) is 10.4 Å². The van der Waals surface area contributed by atoms with Gasteiger partial charge in [-0.05, 0) is 24.3 Å². The molecule has 0 fully saturated rings. The van der Waals surface area contributed by atoms with Crippen molar-refractivity contribution < 1.29 is 13.6 Å². The van der Waals surface area contributed by atoms with E-state index in [1.54, 1.807) is 6.20 Å². The van der Waals surface area contributed by atoms with Gasteiger partial charge in [0.15, 0.2) is 0 Å². The number of carbonyl (C=O) groups excluding carboxylic acids is 1. The van der Waals surface area contributed by atoms with Gasteiger partial charge in [0.05, 0.1) is 17.2 Å². The summed E-state index contributed by atoms with van der Waals surface area (Å²) >= 11 is 0. The zero-order valence-corrected chi connectivity index (χ0v) is 12.6. The first-order valence-corrected chi connectivity index (χ1v) is 7.33. The highest BCUT2D eigenvalue weighted by Crippen LogP contribution is 2.12. The maximum atomic E-state index is 13.5. The molecule has 0 aliphatic rings. The smallest absolute Gasteiger partial charge is 0.257 e. The molecule has 0 aliphatic carbocycles. The highest BCUT2D eigenvalue weighted by molar-refractivity contribution is 5.94. The molecule has 1 aromatic heterocycles. The van der Waals surface area contributed by atoms with Crippen molar-refractivity contribution in [3.8, 4) is 0 Å². The molecule has 0 saturated carbocycles. The molecule has 0 unspecified atom stereocenters. The van der Waals surface area contributed by atoms with E-state index in [1.165, 1.54) is 6.07 Å². The normalized spacial score (nSPS) is 10.6. The average molecular weight is 328 g/mol. The number of fused-ring (bicyclic) bond motifs is 1. The van der Waals surface area contributed by atoms with E-state index in [9.17, 15) is 13.6 Å². The topological polar surface area (TPSA) is 66.9 Å². The molecule has 0 spiro atoms. The lowest BCUT2D eigenvalue weighted by molar-refractivity contribution is 0.0946. The Morgan fingerprint density at radius 1 is 0.958 bits per heavy atom. The van der Waals surface area contributed by atoms with E-state index in [2.05, 4.69) is 20.6 Å². The first kappa shape index (κ1) is 15.8. The Morgan fingerprint density at radius 3 is 2.42 bits per heavy atom. The van der Waals surface area contributed by atoms with Gasteiger partial charge in [-0.15, -0.1) is 0 Å².